The Balaban J connectivity index is 2.09. The molecule has 88 valence electrons. The molecule has 0 aliphatic heterocycles. The molecule has 0 spiro atoms. The van der Waals surface area contributed by atoms with Crippen LogP contribution in [0.4, 0.5) is 0 Å². The second kappa shape index (κ2) is 5.51. The SMILES string of the molecule is NCC#Cc1ccccc1C(=O)NCC1CC1. The predicted octanol–water partition coefficient (Wildman–Crippen LogP) is 1.14. The van der Waals surface area contributed by atoms with Crippen LogP contribution in [-0.2, 0) is 0 Å². The van der Waals surface area contributed by atoms with Crippen LogP contribution >= 0.6 is 0 Å². The van der Waals surface area contributed by atoms with E-state index in [9.17, 15) is 4.79 Å². The fourth-order valence-corrected chi connectivity index (χ4v) is 1.59. The number of nitrogens with one attached hydrogen (secondary N) is 1. The van der Waals surface area contributed by atoms with Crippen LogP contribution in [0.25, 0.3) is 0 Å². The Labute approximate surface area is 101 Å². The van der Waals surface area contributed by atoms with E-state index >= 15 is 0 Å². The van der Waals surface area contributed by atoms with Crippen LogP contribution in [0.5, 0.6) is 0 Å². The molecule has 2 rings (SSSR count). The van der Waals surface area contributed by atoms with E-state index in [0.29, 0.717) is 18.0 Å². The first-order chi connectivity index (χ1) is 8.31. The summed E-state index contributed by atoms with van der Waals surface area (Å²) >= 11 is 0. The first-order valence-corrected chi connectivity index (χ1v) is 5.87. The van der Waals surface area contributed by atoms with Gasteiger partial charge in [-0.15, -0.1) is 0 Å². The van der Waals surface area contributed by atoms with Crippen molar-refractivity contribution in [3.8, 4) is 11.8 Å². The first-order valence-electron chi connectivity index (χ1n) is 5.87. The Bertz CT molecular complexity index is 467. The molecule has 17 heavy (non-hydrogen) atoms. The van der Waals surface area contributed by atoms with Gasteiger partial charge in [0.25, 0.3) is 5.91 Å². The van der Waals surface area contributed by atoms with Crippen LogP contribution in [0.15, 0.2) is 24.3 Å². The Morgan fingerprint density at radius 3 is 2.88 bits per heavy atom. The van der Waals surface area contributed by atoms with Crippen molar-refractivity contribution in [1.82, 2.24) is 5.32 Å². The lowest BCUT2D eigenvalue weighted by Gasteiger charge is -2.05. The zero-order valence-electron chi connectivity index (χ0n) is 9.70. The Hall–Kier alpha value is -1.79. The number of benzene rings is 1. The normalized spacial score (nSPS) is 13.7. The largest absolute Gasteiger partial charge is 0.352 e. The molecule has 1 aliphatic rings. The van der Waals surface area contributed by atoms with Gasteiger partial charge in [-0.3, -0.25) is 4.79 Å². The third-order valence-corrected chi connectivity index (χ3v) is 2.75. The van der Waals surface area contributed by atoms with E-state index in [-0.39, 0.29) is 5.91 Å². The smallest absolute Gasteiger partial charge is 0.252 e. The second-order valence-corrected chi connectivity index (χ2v) is 4.20. The van der Waals surface area contributed by atoms with Gasteiger partial charge in [-0.05, 0) is 30.9 Å². The number of hydrogen-bond acceptors (Lipinski definition) is 2. The molecule has 3 nitrogen and oxygen atoms in total. The van der Waals surface area contributed by atoms with E-state index in [1.54, 1.807) is 6.07 Å². The molecule has 0 radical (unpaired) electrons. The fourth-order valence-electron chi connectivity index (χ4n) is 1.59. The standard InChI is InChI=1S/C14H16N2O/c15-9-3-5-12-4-1-2-6-13(12)14(17)16-10-11-7-8-11/h1-2,4,6,11H,7-10,15H2,(H,16,17). The average Bonchev–Trinajstić information content (AvgIpc) is 3.18. The summed E-state index contributed by atoms with van der Waals surface area (Å²) in [5.41, 5.74) is 6.71. The summed E-state index contributed by atoms with van der Waals surface area (Å²) in [7, 11) is 0. The zero-order chi connectivity index (χ0) is 12.1. The summed E-state index contributed by atoms with van der Waals surface area (Å²) in [5.74, 6) is 6.34. The highest BCUT2D eigenvalue weighted by Crippen LogP contribution is 2.27. The van der Waals surface area contributed by atoms with Gasteiger partial charge in [0.2, 0.25) is 0 Å². The Morgan fingerprint density at radius 1 is 1.41 bits per heavy atom. The third kappa shape index (κ3) is 3.33. The molecule has 0 bridgehead atoms. The molecule has 0 unspecified atom stereocenters. The van der Waals surface area contributed by atoms with E-state index in [1.165, 1.54) is 12.8 Å². The lowest BCUT2D eigenvalue weighted by molar-refractivity contribution is 0.0951. The minimum atomic E-state index is -0.0428. The third-order valence-electron chi connectivity index (χ3n) is 2.75. The zero-order valence-corrected chi connectivity index (χ0v) is 9.70. The van der Waals surface area contributed by atoms with Crippen molar-refractivity contribution in [1.29, 1.82) is 0 Å². The van der Waals surface area contributed by atoms with Crippen molar-refractivity contribution in [3.63, 3.8) is 0 Å². The van der Waals surface area contributed by atoms with Gasteiger partial charge in [0.05, 0.1) is 12.1 Å². The van der Waals surface area contributed by atoms with Gasteiger partial charge in [-0.25, -0.2) is 0 Å². The van der Waals surface area contributed by atoms with Gasteiger partial charge >= 0.3 is 0 Å². The molecule has 0 atom stereocenters. The van der Waals surface area contributed by atoms with Crippen molar-refractivity contribution < 1.29 is 4.79 Å². The van der Waals surface area contributed by atoms with Crippen molar-refractivity contribution >= 4 is 5.91 Å². The topological polar surface area (TPSA) is 55.1 Å². The lowest BCUT2D eigenvalue weighted by atomic mass is 10.1. The van der Waals surface area contributed by atoms with Crippen LogP contribution in [0, 0.1) is 17.8 Å². The summed E-state index contributed by atoms with van der Waals surface area (Å²) in [6.07, 6.45) is 2.46. The number of amides is 1. The predicted molar refractivity (Wildman–Crippen MR) is 67.4 cm³/mol. The van der Waals surface area contributed by atoms with Crippen molar-refractivity contribution in [2.45, 2.75) is 12.8 Å². The number of rotatable bonds is 3. The minimum absolute atomic E-state index is 0.0428. The first kappa shape index (κ1) is 11.7. The average molecular weight is 228 g/mol. The van der Waals surface area contributed by atoms with E-state index in [0.717, 1.165) is 12.1 Å². The van der Waals surface area contributed by atoms with Crippen LogP contribution in [0.3, 0.4) is 0 Å². The molecule has 1 amide bonds. The fraction of sp³-hybridized carbons (Fsp3) is 0.357. The van der Waals surface area contributed by atoms with Crippen LogP contribution in [0.1, 0.15) is 28.8 Å². The lowest BCUT2D eigenvalue weighted by Crippen LogP contribution is -2.26. The van der Waals surface area contributed by atoms with E-state index in [4.69, 9.17) is 5.73 Å². The van der Waals surface area contributed by atoms with Gasteiger partial charge in [-0.2, -0.15) is 0 Å². The Morgan fingerprint density at radius 2 is 2.18 bits per heavy atom. The van der Waals surface area contributed by atoms with Crippen LogP contribution < -0.4 is 11.1 Å². The molecule has 1 aromatic carbocycles. The highest BCUT2D eigenvalue weighted by molar-refractivity contribution is 5.96. The maximum Gasteiger partial charge on any atom is 0.252 e. The highest BCUT2D eigenvalue weighted by atomic mass is 16.1. The second-order valence-electron chi connectivity index (χ2n) is 4.20. The molecule has 0 aromatic heterocycles. The molecule has 3 heteroatoms. The summed E-state index contributed by atoms with van der Waals surface area (Å²) in [6.45, 7) is 1.08. The molecule has 1 fully saturated rings. The van der Waals surface area contributed by atoms with Gasteiger partial charge in [-0.1, -0.05) is 24.0 Å². The molecule has 1 aromatic rings. The number of carbonyl (C=O) groups is 1. The van der Waals surface area contributed by atoms with Gasteiger partial charge in [0.15, 0.2) is 0 Å². The maximum absolute atomic E-state index is 12.0. The molecule has 3 N–H and O–H groups in total. The van der Waals surface area contributed by atoms with E-state index in [1.807, 2.05) is 18.2 Å². The molecule has 0 heterocycles. The summed E-state index contributed by atoms with van der Waals surface area (Å²) in [4.78, 5) is 12.0. The number of carbonyl (C=O) groups excluding carboxylic acids is 1. The molecule has 1 saturated carbocycles. The van der Waals surface area contributed by atoms with E-state index < -0.39 is 0 Å². The van der Waals surface area contributed by atoms with Crippen molar-refractivity contribution in [2.75, 3.05) is 13.1 Å². The van der Waals surface area contributed by atoms with E-state index in [2.05, 4.69) is 17.2 Å². The minimum Gasteiger partial charge on any atom is -0.352 e. The Kier molecular flexibility index (Phi) is 3.79. The molecular weight excluding hydrogens is 212 g/mol. The molecule has 0 saturated heterocycles. The molecular formula is C14H16N2O. The monoisotopic (exact) mass is 228 g/mol. The summed E-state index contributed by atoms with van der Waals surface area (Å²) in [5, 5.41) is 2.94. The van der Waals surface area contributed by atoms with Gasteiger partial charge in [0, 0.05) is 12.1 Å². The molecule has 1 aliphatic carbocycles. The van der Waals surface area contributed by atoms with Gasteiger partial charge < -0.3 is 11.1 Å². The number of nitrogens with two attached hydrogens (primary N) is 1. The van der Waals surface area contributed by atoms with Gasteiger partial charge in [0.1, 0.15) is 0 Å². The number of hydrogen-bond donors (Lipinski definition) is 2. The maximum atomic E-state index is 12.0. The summed E-state index contributed by atoms with van der Waals surface area (Å²) in [6, 6.07) is 7.36. The van der Waals surface area contributed by atoms with Crippen LogP contribution in [0.2, 0.25) is 0 Å². The quantitative estimate of drug-likeness (QED) is 0.762. The van der Waals surface area contributed by atoms with Crippen LogP contribution in [-0.4, -0.2) is 19.0 Å². The highest BCUT2D eigenvalue weighted by Gasteiger charge is 2.22. The summed E-state index contributed by atoms with van der Waals surface area (Å²) < 4.78 is 0. The van der Waals surface area contributed by atoms with Crippen molar-refractivity contribution in [3.05, 3.63) is 35.4 Å². The van der Waals surface area contributed by atoms with Crippen molar-refractivity contribution in [2.24, 2.45) is 11.7 Å².